The van der Waals surface area contributed by atoms with Gasteiger partial charge in [-0.1, -0.05) is 12.1 Å². The van der Waals surface area contributed by atoms with E-state index in [2.05, 4.69) is 14.5 Å². The third-order valence-electron chi connectivity index (χ3n) is 6.60. The molecule has 3 N–H and O–H groups in total. The lowest BCUT2D eigenvalue weighted by Crippen LogP contribution is -2.41. The van der Waals surface area contributed by atoms with E-state index in [1.165, 1.54) is 25.0 Å². The van der Waals surface area contributed by atoms with Crippen LogP contribution in [0.5, 0.6) is 0 Å². The molecule has 2 fully saturated rings. The summed E-state index contributed by atoms with van der Waals surface area (Å²) >= 11 is 0. The van der Waals surface area contributed by atoms with Crippen LogP contribution in [0.15, 0.2) is 47.4 Å². The zero-order chi connectivity index (χ0) is 28.8. The maximum Gasteiger partial charge on any atom is 0.490 e. The predicted octanol–water partition coefficient (Wildman–Crippen LogP) is 4.44. The average molecular weight is 572 g/mol. The van der Waals surface area contributed by atoms with E-state index in [0.717, 1.165) is 51.1 Å². The van der Waals surface area contributed by atoms with Gasteiger partial charge in [0.05, 0.1) is 16.1 Å². The van der Waals surface area contributed by atoms with Gasteiger partial charge in [-0.3, -0.25) is 4.72 Å². The molecular formula is C26H32F3N3O6S. The first-order valence-electron chi connectivity index (χ1n) is 12.5. The molecule has 2 aliphatic rings. The second-order valence-corrected chi connectivity index (χ2v) is 11.4. The molecule has 4 rings (SSSR count). The molecule has 0 radical (unpaired) electrons. The highest BCUT2D eigenvalue weighted by molar-refractivity contribution is 7.92. The molecule has 13 heteroatoms. The van der Waals surface area contributed by atoms with Gasteiger partial charge in [-0.25, -0.2) is 18.0 Å². The molecule has 1 unspecified atom stereocenters. The first kappa shape index (κ1) is 30.2. The Hall–Kier alpha value is -3.32. The normalized spacial score (nSPS) is 18.3. The molecule has 39 heavy (non-hydrogen) atoms. The Balaban J connectivity index is 0.000000532. The first-order chi connectivity index (χ1) is 18.3. The lowest BCUT2D eigenvalue weighted by atomic mass is 9.96. The fourth-order valence-corrected chi connectivity index (χ4v) is 5.96. The van der Waals surface area contributed by atoms with Crippen molar-refractivity contribution in [2.45, 2.75) is 43.7 Å². The molecule has 2 saturated heterocycles. The Morgan fingerprint density at radius 2 is 1.69 bits per heavy atom. The molecule has 2 aromatic carbocycles. The Kier molecular flexibility index (Phi) is 9.83. The number of rotatable bonds is 7. The van der Waals surface area contributed by atoms with Gasteiger partial charge < -0.3 is 20.0 Å². The van der Waals surface area contributed by atoms with Crippen molar-refractivity contribution in [3.63, 3.8) is 0 Å². The Morgan fingerprint density at radius 1 is 1.03 bits per heavy atom. The number of nitrogens with one attached hydrogen (secondary N) is 1. The van der Waals surface area contributed by atoms with Crippen LogP contribution < -0.4 is 9.62 Å². The second-order valence-electron chi connectivity index (χ2n) is 9.72. The number of carbonyl (C=O) groups is 2. The lowest BCUT2D eigenvalue weighted by Gasteiger charge is -2.36. The summed E-state index contributed by atoms with van der Waals surface area (Å²) in [5, 5.41) is 17.0. The fraction of sp³-hybridized carbons (Fsp3) is 0.462. The topological polar surface area (TPSA) is 127 Å². The number of hydrogen-bond donors (Lipinski definition) is 3. The summed E-state index contributed by atoms with van der Waals surface area (Å²) in [6, 6.07) is 11.4. The number of nitrogens with zero attached hydrogens (tertiary/aromatic N) is 2. The molecule has 9 nitrogen and oxygen atoms in total. The van der Waals surface area contributed by atoms with Crippen molar-refractivity contribution < 1.29 is 41.4 Å². The average Bonchev–Trinajstić information content (AvgIpc) is 3.37. The van der Waals surface area contributed by atoms with Crippen molar-refractivity contribution in [3.8, 4) is 0 Å². The zero-order valence-electron chi connectivity index (χ0n) is 21.4. The molecule has 0 saturated carbocycles. The number of carboxylic acid groups (broad SMARTS) is 2. The predicted molar refractivity (Wildman–Crippen MR) is 140 cm³/mol. The number of anilines is 2. The van der Waals surface area contributed by atoms with E-state index in [1.54, 1.807) is 24.3 Å². The molecule has 0 bridgehead atoms. The summed E-state index contributed by atoms with van der Waals surface area (Å²) in [5.41, 5.74) is 1.86. The van der Waals surface area contributed by atoms with Gasteiger partial charge in [0, 0.05) is 25.3 Å². The van der Waals surface area contributed by atoms with Crippen molar-refractivity contribution in [1.29, 1.82) is 0 Å². The van der Waals surface area contributed by atoms with E-state index in [-0.39, 0.29) is 16.1 Å². The van der Waals surface area contributed by atoms with Crippen LogP contribution in [-0.4, -0.2) is 74.4 Å². The third-order valence-corrected chi connectivity index (χ3v) is 7.98. The first-order valence-corrected chi connectivity index (χ1v) is 14.0. The van der Waals surface area contributed by atoms with Gasteiger partial charge in [0.2, 0.25) is 0 Å². The number of piperidine rings is 1. The lowest BCUT2D eigenvalue weighted by molar-refractivity contribution is -0.192. The summed E-state index contributed by atoms with van der Waals surface area (Å²) in [7, 11) is -3.80. The van der Waals surface area contributed by atoms with Crippen molar-refractivity contribution >= 4 is 33.3 Å². The van der Waals surface area contributed by atoms with Crippen LogP contribution in [0.2, 0.25) is 0 Å². The number of hydrogen-bond acceptors (Lipinski definition) is 6. The molecule has 0 aromatic heterocycles. The van der Waals surface area contributed by atoms with E-state index in [0.29, 0.717) is 11.6 Å². The molecule has 2 aromatic rings. The highest BCUT2D eigenvalue weighted by Gasteiger charge is 2.38. The van der Waals surface area contributed by atoms with Crippen LogP contribution in [0.25, 0.3) is 0 Å². The number of carboxylic acids is 2. The summed E-state index contributed by atoms with van der Waals surface area (Å²) in [6.45, 7) is 6.84. The quantitative estimate of drug-likeness (QED) is 0.445. The Bertz CT molecular complexity index is 1280. The monoisotopic (exact) mass is 571 g/mol. The minimum atomic E-state index is -5.08. The number of sulfonamides is 1. The highest BCUT2D eigenvalue weighted by Crippen LogP contribution is 2.30. The van der Waals surface area contributed by atoms with Crippen molar-refractivity contribution in [3.05, 3.63) is 53.6 Å². The van der Waals surface area contributed by atoms with Crippen LogP contribution >= 0.6 is 0 Å². The summed E-state index contributed by atoms with van der Waals surface area (Å²) in [4.78, 5) is 25.7. The molecule has 2 aliphatic heterocycles. The van der Waals surface area contributed by atoms with E-state index in [4.69, 9.17) is 9.90 Å². The second kappa shape index (κ2) is 12.7. The Labute approximate surface area is 225 Å². The minimum absolute atomic E-state index is 0.122. The molecular weight excluding hydrogens is 539 g/mol. The van der Waals surface area contributed by atoms with Gasteiger partial charge in [-0.2, -0.15) is 13.2 Å². The van der Waals surface area contributed by atoms with Crippen LogP contribution in [0.3, 0.4) is 0 Å². The van der Waals surface area contributed by atoms with Crippen molar-refractivity contribution in [2.75, 3.05) is 42.3 Å². The van der Waals surface area contributed by atoms with E-state index in [9.17, 15) is 31.5 Å². The van der Waals surface area contributed by atoms with E-state index >= 15 is 0 Å². The van der Waals surface area contributed by atoms with Crippen LogP contribution in [-0.2, 0) is 14.8 Å². The van der Waals surface area contributed by atoms with Crippen LogP contribution in [0, 0.1) is 12.8 Å². The standard InChI is InChI=1S/C24H31N3O4S.C2HF3O2/c1-18-6-4-8-21(14-18)32(30,31)25-20-9-10-23(22(15-20)24(28)29)27-13-5-7-19(17-27)16-26-11-2-3-12-26;3-2(4,5)1(6)7/h4,6,8-10,14-15,19,25H,2-3,5,7,11-13,16-17H2,1H3,(H,28,29);(H,6,7). The smallest absolute Gasteiger partial charge is 0.478 e. The molecule has 214 valence electrons. The van der Waals surface area contributed by atoms with Gasteiger partial charge in [-0.15, -0.1) is 0 Å². The summed E-state index contributed by atoms with van der Waals surface area (Å²) in [5.74, 6) is -3.30. The number of alkyl halides is 3. The van der Waals surface area contributed by atoms with Gasteiger partial charge in [0.15, 0.2) is 0 Å². The third kappa shape index (κ3) is 8.59. The molecule has 0 aliphatic carbocycles. The number of aromatic carboxylic acids is 1. The number of aliphatic carboxylic acids is 1. The Morgan fingerprint density at radius 3 is 2.28 bits per heavy atom. The SMILES string of the molecule is Cc1cccc(S(=O)(=O)Nc2ccc(N3CCCC(CN4CCCC4)C3)c(C(=O)O)c2)c1.O=C(O)C(F)(F)F. The summed E-state index contributed by atoms with van der Waals surface area (Å²) in [6.07, 6.45) is -0.373. The van der Waals surface area contributed by atoms with Gasteiger partial charge >= 0.3 is 18.1 Å². The van der Waals surface area contributed by atoms with E-state index in [1.807, 2.05) is 13.0 Å². The van der Waals surface area contributed by atoms with Gasteiger partial charge in [-0.05, 0) is 87.5 Å². The number of halogens is 3. The van der Waals surface area contributed by atoms with Gasteiger partial charge in [0.25, 0.3) is 10.0 Å². The number of likely N-dealkylation sites (tertiary alicyclic amines) is 1. The number of benzene rings is 2. The minimum Gasteiger partial charge on any atom is -0.478 e. The van der Waals surface area contributed by atoms with Crippen molar-refractivity contribution in [2.24, 2.45) is 5.92 Å². The van der Waals surface area contributed by atoms with Gasteiger partial charge in [0.1, 0.15) is 0 Å². The largest absolute Gasteiger partial charge is 0.490 e. The summed E-state index contributed by atoms with van der Waals surface area (Å²) < 4.78 is 59.8. The maximum atomic E-state index is 12.8. The molecule has 0 spiro atoms. The molecule has 2 heterocycles. The van der Waals surface area contributed by atoms with Crippen LogP contribution in [0.1, 0.15) is 41.6 Å². The fourth-order valence-electron chi connectivity index (χ4n) is 4.81. The number of aryl methyl sites for hydroxylation is 1. The zero-order valence-corrected chi connectivity index (χ0v) is 22.3. The van der Waals surface area contributed by atoms with E-state index < -0.39 is 28.1 Å². The van der Waals surface area contributed by atoms with Crippen molar-refractivity contribution in [1.82, 2.24) is 4.90 Å². The van der Waals surface area contributed by atoms with Crippen LogP contribution in [0.4, 0.5) is 24.5 Å². The molecule has 1 atom stereocenters. The maximum absolute atomic E-state index is 12.8. The molecule has 0 amide bonds. The highest BCUT2D eigenvalue weighted by atomic mass is 32.2.